The number of rotatable bonds is 3. The number of thiophene rings is 1. The van der Waals surface area contributed by atoms with Crippen LogP contribution in [0.3, 0.4) is 0 Å². The highest BCUT2D eigenvalue weighted by Gasteiger charge is 2.34. The number of aromatic nitrogens is 1. The van der Waals surface area contributed by atoms with E-state index in [0.29, 0.717) is 11.1 Å². The third-order valence-electron chi connectivity index (χ3n) is 3.90. The number of pyridine rings is 1. The van der Waals surface area contributed by atoms with Gasteiger partial charge < -0.3 is 5.32 Å². The Labute approximate surface area is 148 Å². The van der Waals surface area contributed by atoms with Gasteiger partial charge in [0.1, 0.15) is 0 Å². The van der Waals surface area contributed by atoms with Crippen molar-refractivity contribution in [2.75, 3.05) is 5.32 Å². The van der Waals surface area contributed by atoms with E-state index in [2.05, 4.69) is 15.7 Å². The Hall–Kier alpha value is -3.19. The van der Waals surface area contributed by atoms with Crippen LogP contribution >= 0.6 is 11.3 Å². The summed E-state index contributed by atoms with van der Waals surface area (Å²) in [5.74, 6) is -0.617. The summed E-state index contributed by atoms with van der Waals surface area (Å²) in [5, 5.41) is 6.60. The van der Waals surface area contributed by atoms with Gasteiger partial charge in [0, 0.05) is 28.5 Å². The maximum Gasteiger partial charge on any atom is 0.276 e. The Morgan fingerprint density at radius 3 is 2.68 bits per heavy atom. The van der Waals surface area contributed by atoms with Crippen molar-refractivity contribution in [3.63, 3.8) is 0 Å². The quantitative estimate of drug-likeness (QED) is 0.761. The first-order valence-corrected chi connectivity index (χ1v) is 8.55. The molecule has 124 valence electrons. The fourth-order valence-corrected chi connectivity index (χ4v) is 3.46. The van der Waals surface area contributed by atoms with E-state index in [1.165, 1.54) is 28.7 Å². The number of carbonyl (C=O) groups is 2. The molecule has 2 N–H and O–H groups in total. The second-order valence-corrected chi connectivity index (χ2v) is 6.44. The van der Waals surface area contributed by atoms with Gasteiger partial charge in [-0.3, -0.25) is 20.0 Å². The SMILES string of the molecule is O=C(NN1C(=O)c2ccccc2N[C@@H]1c1cccs1)c1ccncc1. The number of carbonyl (C=O) groups excluding carboxylic acids is 2. The zero-order valence-electron chi connectivity index (χ0n) is 13.0. The number of hydrogen-bond donors (Lipinski definition) is 2. The van der Waals surface area contributed by atoms with Crippen molar-refractivity contribution >= 4 is 28.8 Å². The maximum atomic E-state index is 13.0. The van der Waals surface area contributed by atoms with Crippen molar-refractivity contribution < 1.29 is 9.59 Å². The van der Waals surface area contributed by atoms with Crippen molar-refractivity contribution in [1.82, 2.24) is 15.4 Å². The molecule has 0 spiro atoms. The first-order valence-electron chi connectivity index (χ1n) is 7.67. The normalized spacial score (nSPS) is 16.1. The minimum Gasteiger partial charge on any atom is -0.359 e. The van der Waals surface area contributed by atoms with Crippen LogP contribution in [0.5, 0.6) is 0 Å². The summed E-state index contributed by atoms with van der Waals surface area (Å²) in [6, 6.07) is 14.3. The van der Waals surface area contributed by atoms with Crippen LogP contribution in [0, 0.1) is 0 Å². The summed E-state index contributed by atoms with van der Waals surface area (Å²) in [6.45, 7) is 0. The van der Waals surface area contributed by atoms with Crippen molar-refractivity contribution in [1.29, 1.82) is 0 Å². The van der Waals surface area contributed by atoms with Crippen LogP contribution < -0.4 is 10.7 Å². The Morgan fingerprint density at radius 2 is 1.92 bits per heavy atom. The van der Waals surface area contributed by atoms with Gasteiger partial charge in [0.25, 0.3) is 11.8 Å². The molecule has 3 aromatic rings. The number of fused-ring (bicyclic) bond motifs is 1. The molecule has 0 bridgehead atoms. The van der Waals surface area contributed by atoms with Crippen LogP contribution in [-0.4, -0.2) is 21.8 Å². The Kier molecular flexibility index (Phi) is 3.91. The Bertz CT molecular complexity index is 912. The molecular weight excluding hydrogens is 336 g/mol. The zero-order valence-corrected chi connectivity index (χ0v) is 13.9. The zero-order chi connectivity index (χ0) is 17.2. The Morgan fingerprint density at radius 1 is 1.12 bits per heavy atom. The predicted octanol–water partition coefficient (Wildman–Crippen LogP) is 3.05. The number of nitrogens with one attached hydrogen (secondary N) is 2. The molecule has 0 unspecified atom stereocenters. The highest BCUT2D eigenvalue weighted by molar-refractivity contribution is 7.10. The number of nitrogens with zero attached hydrogens (tertiary/aromatic N) is 2. The monoisotopic (exact) mass is 350 g/mol. The van der Waals surface area contributed by atoms with E-state index >= 15 is 0 Å². The summed E-state index contributed by atoms with van der Waals surface area (Å²) < 4.78 is 0. The van der Waals surface area contributed by atoms with E-state index in [1.807, 2.05) is 29.6 Å². The molecular formula is C18H14N4O2S. The fraction of sp³-hybridized carbons (Fsp3) is 0.0556. The first kappa shape index (κ1) is 15.3. The minimum atomic E-state index is -0.465. The van der Waals surface area contributed by atoms with Crippen LogP contribution in [-0.2, 0) is 0 Å². The van der Waals surface area contributed by atoms with Gasteiger partial charge in [-0.05, 0) is 35.7 Å². The topological polar surface area (TPSA) is 74.3 Å². The van der Waals surface area contributed by atoms with E-state index in [1.54, 1.807) is 24.3 Å². The lowest BCUT2D eigenvalue weighted by molar-refractivity contribution is 0.0494. The third-order valence-corrected chi connectivity index (χ3v) is 4.83. The summed E-state index contributed by atoms with van der Waals surface area (Å²) in [7, 11) is 0. The Balaban J connectivity index is 1.70. The largest absolute Gasteiger partial charge is 0.359 e. The lowest BCUT2D eigenvalue weighted by Gasteiger charge is -2.37. The molecule has 0 aliphatic carbocycles. The van der Waals surface area contributed by atoms with Crippen LogP contribution in [0.1, 0.15) is 31.8 Å². The average molecular weight is 350 g/mol. The minimum absolute atomic E-state index is 0.254. The molecule has 6 nitrogen and oxygen atoms in total. The van der Waals surface area contributed by atoms with E-state index in [9.17, 15) is 9.59 Å². The predicted molar refractivity (Wildman–Crippen MR) is 95.0 cm³/mol. The van der Waals surface area contributed by atoms with E-state index in [-0.39, 0.29) is 11.8 Å². The summed E-state index contributed by atoms with van der Waals surface area (Å²) in [5.41, 5.74) is 4.43. The van der Waals surface area contributed by atoms with Crippen LogP contribution in [0.15, 0.2) is 66.3 Å². The fourth-order valence-electron chi connectivity index (χ4n) is 2.69. The number of para-hydroxylation sites is 1. The molecule has 7 heteroatoms. The molecule has 1 aliphatic rings. The number of amides is 2. The number of hydrogen-bond acceptors (Lipinski definition) is 5. The lowest BCUT2D eigenvalue weighted by Crippen LogP contribution is -2.52. The van der Waals surface area contributed by atoms with Gasteiger partial charge in [-0.1, -0.05) is 18.2 Å². The second kappa shape index (κ2) is 6.37. The molecule has 1 atom stereocenters. The summed E-state index contributed by atoms with van der Waals surface area (Å²) in [4.78, 5) is 30.3. The lowest BCUT2D eigenvalue weighted by atomic mass is 10.1. The second-order valence-electron chi connectivity index (χ2n) is 5.46. The molecule has 0 radical (unpaired) electrons. The summed E-state index contributed by atoms with van der Waals surface area (Å²) in [6.07, 6.45) is 2.61. The molecule has 4 rings (SSSR count). The van der Waals surface area contributed by atoms with E-state index < -0.39 is 6.17 Å². The van der Waals surface area contributed by atoms with Crippen molar-refractivity contribution in [3.8, 4) is 0 Å². The van der Waals surface area contributed by atoms with Crippen LogP contribution in [0.2, 0.25) is 0 Å². The van der Waals surface area contributed by atoms with E-state index in [0.717, 1.165) is 10.6 Å². The molecule has 3 heterocycles. The van der Waals surface area contributed by atoms with Gasteiger partial charge in [-0.2, -0.15) is 0 Å². The summed E-state index contributed by atoms with van der Waals surface area (Å²) >= 11 is 1.52. The first-order chi connectivity index (χ1) is 12.2. The van der Waals surface area contributed by atoms with Gasteiger partial charge >= 0.3 is 0 Å². The number of benzene rings is 1. The highest BCUT2D eigenvalue weighted by Crippen LogP contribution is 2.33. The maximum absolute atomic E-state index is 13.0. The van der Waals surface area contributed by atoms with Gasteiger partial charge in [-0.15, -0.1) is 11.3 Å². The van der Waals surface area contributed by atoms with Crippen molar-refractivity contribution in [2.45, 2.75) is 6.17 Å². The van der Waals surface area contributed by atoms with Crippen molar-refractivity contribution in [3.05, 3.63) is 82.3 Å². The van der Waals surface area contributed by atoms with Gasteiger partial charge in [0.05, 0.1) is 5.56 Å². The molecule has 1 aliphatic heterocycles. The molecule has 0 saturated heterocycles. The molecule has 0 fully saturated rings. The molecule has 25 heavy (non-hydrogen) atoms. The molecule has 0 saturated carbocycles. The molecule has 2 aromatic heterocycles. The number of hydrazine groups is 1. The number of anilines is 1. The van der Waals surface area contributed by atoms with Crippen LogP contribution in [0.4, 0.5) is 5.69 Å². The van der Waals surface area contributed by atoms with Gasteiger partial charge in [0.15, 0.2) is 6.17 Å². The average Bonchev–Trinajstić information content (AvgIpc) is 3.19. The molecule has 2 amide bonds. The van der Waals surface area contributed by atoms with E-state index in [4.69, 9.17) is 0 Å². The van der Waals surface area contributed by atoms with Gasteiger partial charge in [0.2, 0.25) is 0 Å². The molecule has 1 aromatic carbocycles. The third kappa shape index (κ3) is 2.85. The highest BCUT2D eigenvalue weighted by atomic mass is 32.1. The smallest absolute Gasteiger partial charge is 0.276 e. The standard InChI is InChI=1S/C18H14N4O2S/c23-17(12-7-9-19-10-8-12)21-22-16(15-6-3-11-25-15)20-14-5-2-1-4-13(14)18(22)24/h1-11,16,20H,(H,21,23)/t16-/m0/s1. The van der Waals surface area contributed by atoms with Crippen LogP contribution in [0.25, 0.3) is 0 Å². The van der Waals surface area contributed by atoms with Gasteiger partial charge in [-0.25, -0.2) is 5.01 Å². The van der Waals surface area contributed by atoms with Crippen molar-refractivity contribution in [2.24, 2.45) is 0 Å².